The number of rotatable bonds is 12. The SMILES string of the molecule is COc1ccc(S(=O)N(CCCNC(=O)c2ccc(N(C)C(=O)c3nc(C)oc3C)cc2)CC(C)C)cc1. The Labute approximate surface area is 226 Å². The first-order chi connectivity index (χ1) is 18.1. The normalized spacial score (nSPS) is 12.0. The molecule has 1 unspecified atom stereocenters. The lowest BCUT2D eigenvalue weighted by Crippen LogP contribution is -2.33. The van der Waals surface area contributed by atoms with E-state index in [1.807, 2.05) is 16.4 Å². The Bertz CT molecular complexity index is 1260. The number of nitrogens with zero attached hydrogens (tertiary/aromatic N) is 3. The summed E-state index contributed by atoms with van der Waals surface area (Å²) in [4.78, 5) is 31.8. The zero-order valence-electron chi connectivity index (χ0n) is 22.8. The summed E-state index contributed by atoms with van der Waals surface area (Å²) in [5.74, 6) is 1.47. The lowest BCUT2D eigenvalue weighted by atomic mass is 10.1. The fourth-order valence-electron chi connectivity index (χ4n) is 3.89. The second-order valence-corrected chi connectivity index (χ2v) is 10.9. The smallest absolute Gasteiger partial charge is 0.280 e. The van der Waals surface area contributed by atoms with Crippen LogP contribution in [0.2, 0.25) is 0 Å². The van der Waals surface area contributed by atoms with Crippen LogP contribution in [0.25, 0.3) is 0 Å². The summed E-state index contributed by atoms with van der Waals surface area (Å²) in [5.41, 5.74) is 1.40. The molecular weight excluding hydrogens is 504 g/mol. The highest BCUT2D eigenvalue weighted by atomic mass is 32.2. The summed E-state index contributed by atoms with van der Waals surface area (Å²) in [6, 6.07) is 14.0. The first-order valence-corrected chi connectivity index (χ1v) is 13.6. The van der Waals surface area contributed by atoms with Crippen LogP contribution in [0.5, 0.6) is 5.75 Å². The first kappa shape index (κ1) is 29.1. The minimum atomic E-state index is -1.30. The van der Waals surface area contributed by atoms with E-state index in [0.29, 0.717) is 59.8 Å². The van der Waals surface area contributed by atoms with Gasteiger partial charge in [0.2, 0.25) is 0 Å². The zero-order valence-corrected chi connectivity index (χ0v) is 23.6. The second kappa shape index (κ2) is 13.3. The molecule has 0 radical (unpaired) electrons. The van der Waals surface area contributed by atoms with E-state index in [9.17, 15) is 13.8 Å². The van der Waals surface area contributed by atoms with Gasteiger partial charge in [0.05, 0.1) is 12.0 Å². The Morgan fingerprint density at radius 3 is 2.29 bits per heavy atom. The first-order valence-electron chi connectivity index (χ1n) is 12.5. The van der Waals surface area contributed by atoms with Crippen molar-refractivity contribution in [2.45, 2.75) is 39.0 Å². The molecule has 2 aromatic carbocycles. The molecule has 1 atom stereocenters. The highest BCUT2D eigenvalue weighted by Gasteiger charge is 2.21. The molecule has 1 heterocycles. The topological polar surface area (TPSA) is 105 Å². The minimum Gasteiger partial charge on any atom is -0.497 e. The number of aromatic nitrogens is 1. The van der Waals surface area contributed by atoms with E-state index in [1.54, 1.807) is 64.4 Å². The van der Waals surface area contributed by atoms with E-state index in [0.717, 1.165) is 5.75 Å². The molecule has 38 heavy (non-hydrogen) atoms. The summed E-state index contributed by atoms with van der Waals surface area (Å²) < 4.78 is 25.6. The van der Waals surface area contributed by atoms with Gasteiger partial charge in [0.1, 0.15) is 22.5 Å². The Balaban J connectivity index is 1.53. The molecule has 0 aliphatic carbocycles. The number of hydrogen-bond donors (Lipinski definition) is 1. The lowest BCUT2D eigenvalue weighted by Gasteiger charge is -2.23. The van der Waals surface area contributed by atoms with Crippen molar-refractivity contribution < 1.29 is 23.0 Å². The van der Waals surface area contributed by atoms with Crippen LogP contribution in [-0.2, 0) is 11.0 Å². The summed E-state index contributed by atoms with van der Waals surface area (Å²) in [6.07, 6.45) is 0.645. The van der Waals surface area contributed by atoms with Crippen LogP contribution in [0.1, 0.15) is 52.8 Å². The predicted octanol–water partition coefficient (Wildman–Crippen LogP) is 4.38. The average molecular weight is 541 g/mol. The van der Waals surface area contributed by atoms with Gasteiger partial charge in [0, 0.05) is 44.9 Å². The minimum absolute atomic E-state index is 0.208. The molecule has 3 rings (SSSR count). The van der Waals surface area contributed by atoms with Crippen LogP contribution >= 0.6 is 0 Å². The largest absolute Gasteiger partial charge is 0.497 e. The van der Waals surface area contributed by atoms with Crippen molar-refractivity contribution in [3.63, 3.8) is 0 Å². The van der Waals surface area contributed by atoms with Gasteiger partial charge in [0.25, 0.3) is 11.8 Å². The number of aryl methyl sites for hydroxylation is 2. The maximum atomic E-state index is 13.1. The molecule has 204 valence electrons. The van der Waals surface area contributed by atoms with Crippen LogP contribution in [0.4, 0.5) is 5.69 Å². The monoisotopic (exact) mass is 540 g/mol. The van der Waals surface area contributed by atoms with Crippen LogP contribution in [0, 0.1) is 19.8 Å². The lowest BCUT2D eigenvalue weighted by molar-refractivity contribution is 0.0951. The van der Waals surface area contributed by atoms with E-state index < -0.39 is 11.0 Å². The van der Waals surface area contributed by atoms with Gasteiger partial charge in [0.15, 0.2) is 11.6 Å². The van der Waals surface area contributed by atoms with Gasteiger partial charge in [-0.15, -0.1) is 0 Å². The third-order valence-electron chi connectivity index (χ3n) is 5.86. The standard InChI is InChI=1S/C28H36N4O5S/c1-19(2)18-32(38(35)25-14-12-24(36-6)13-15-25)17-7-16-29-27(33)22-8-10-23(11-9-22)31(5)28(34)26-20(3)37-21(4)30-26/h8-15,19H,7,16-18H2,1-6H3,(H,29,33). The molecule has 0 aliphatic rings. The summed E-state index contributed by atoms with van der Waals surface area (Å²) in [5, 5.41) is 2.92. The van der Waals surface area contributed by atoms with Gasteiger partial charge in [-0.3, -0.25) is 9.59 Å². The molecule has 0 saturated heterocycles. The molecule has 1 aromatic heterocycles. The van der Waals surface area contributed by atoms with Gasteiger partial charge in [-0.25, -0.2) is 13.5 Å². The summed E-state index contributed by atoms with van der Waals surface area (Å²) in [7, 11) is 1.95. The molecule has 9 nitrogen and oxygen atoms in total. The van der Waals surface area contributed by atoms with Crippen molar-refractivity contribution in [1.82, 2.24) is 14.6 Å². The molecule has 3 aromatic rings. The number of oxazole rings is 1. The molecule has 0 saturated carbocycles. The van der Waals surface area contributed by atoms with E-state index in [2.05, 4.69) is 24.1 Å². The quantitative estimate of drug-likeness (QED) is 0.342. The van der Waals surface area contributed by atoms with Crippen LogP contribution < -0.4 is 15.0 Å². The van der Waals surface area contributed by atoms with E-state index >= 15 is 0 Å². The number of ether oxygens (including phenoxy) is 1. The van der Waals surface area contributed by atoms with Gasteiger partial charge in [-0.2, -0.15) is 0 Å². The third-order valence-corrected chi connectivity index (χ3v) is 7.34. The average Bonchev–Trinajstić information content (AvgIpc) is 3.26. The number of carbonyl (C=O) groups excluding carboxylic acids is 2. The summed E-state index contributed by atoms with van der Waals surface area (Å²) in [6.45, 7) is 9.26. The van der Waals surface area contributed by atoms with Crippen molar-refractivity contribution in [2.75, 3.05) is 38.7 Å². The Kier molecular flexibility index (Phi) is 10.2. The fraction of sp³-hybridized carbons (Fsp3) is 0.393. The third kappa shape index (κ3) is 7.52. The van der Waals surface area contributed by atoms with Crippen LogP contribution in [0.15, 0.2) is 57.8 Å². The second-order valence-electron chi connectivity index (χ2n) is 9.36. The van der Waals surface area contributed by atoms with E-state index in [-0.39, 0.29) is 17.5 Å². The van der Waals surface area contributed by atoms with Crippen LogP contribution in [0.3, 0.4) is 0 Å². The van der Waals surface area contributed by atoms with Crippen molar-refractivity contribution in [2.24, 2.45) is 5.92 Å². The number of carbonyl (C=O) groups is 2. The predicted molar refractivity (Wildman–Crippen MR) is 148 cm³/mol. The number of anilines is 1. The maximum absolute atomic E-state index is 13.1. The van der Waals surface area contributed by atoms with E-state index in [1.165, 1.54) is 4.90 Å². The highest BCUT2D eigenvalue weighted by molar-refractivity contribution is 7.82. The Morgan fingerprint density at radius 1 is 1.08 bits per heavy atom. The molecule has 0 fully saturated rings. The van der Waals surface area contributed by atoms with Gasteiger partial charge >= 0.3 is 0 Å². The summed E-state index contributed by atoms with van der Waals surface area (Å²) >= 11 is 0. The maximum Gasteiger partial charge on any atom is 0.280 e. The van der Waals surface area contributed by atoms with Gasteiger partial charge in [-0.1, -0.05) is 13.8 Å². The molecule has 2 amide bonds. The molecule has 10 heteroatoms. The molecular formula is C28H36N4O5S. The molecule has 0 bridgehead atoms. The van der Waals surface area contributed by atoms with Crippen molar-refractivity contribution in [3.8, 4) is 5.75 Å². The number of nitrogens with one attached hydrogen (secondary N) is 1. The number of amides is 2. The van der Waals surface area contributed by atoms with Crippen molar-refractivity contribution in [1.29, 1.82) is 0 Å². The van der Waals surface area contributed by atoms with Gasteiger partial charge < -0.3 is 19.4 Å². The molecule has 0 spiro atoms. The molecule has 1 N–H and O–H groups in total. The van der Waals surface area contributed by atoms with Gasteiger partial charge in [-0.05, 0) is 67.8 Å². The van der Waals surface area contributed by atoms with Crippen molar-refractivity contribution >= 4 is 28.5 Å². The van der Waals surface area contributed by atoms with E-state index in [4.69, 9.17) is 9.15 Å². The Morgan fingerprint density at radius 2 is 1.74 bits per heavy atom. The Hall–Kier alpha value is -3.50. The highest BCUT2D eigenvalue weighted by Crippen LogP contribution is 2.20. The number of methoxy groups -OCH3 is 1. The number of hydrogen-bond acceptors (Lipinski definition) is 6. The zero-order chi connectivity index (χ0) is 27.8. The molecule has 0 aliphatic heterocycles. The van der Waals surface area contributed by atoms with Crippen molar-refractivity contribution in [3.05, 3.63) is 71.4 Å². The number of benzene rings is 2. The fourth-order valence-corrected chi connectivity index (χ4v) is 5.29. The van der Waals surface area contributed by atoms with Crippen LogP contribution in [-0.4, -0.2) is 59.1 Å².